The highest BCUT2D eigenvalue weighted by atomic mass is 16.6. The van der Waals surface area contributed by atoms with Crippen LogP contribution in [0.4, 0.5) is 0 Å². The molecule has 1 N–H and O–H groups in total. The molecule has 3 aromatic carbocycles. The summed E-state index contributed by atoms with van der Waals surface area (Å²) in [5.74, 6) is 0.389. The fourth-order valence-electron chi connectivity index (χ4n) is 5.55. The monoisotopic (exact) mass is 470 g/mol. The van der Waals surface area contributed by atoms with E-state index in [2.05, 4.69) is 48.6 Å². The summed E-state index contributed by atoms with van der Waals surface area (Å²) < 4.78 is 19.8. The van der Waals surface area contributed by atoms with Crippen molar-refractivity contribution in [1.82, 2.24) is 0 Å². The zero-order chi connectivity index (χ0) is 23.9. The third-order valence-electron chi connectivity index (χ3n) is 7.28. The van der Waals surface area contributed by atoms with E-state index in [0.29, 0.717) is 19.8 Å². The lowest BCUT2D eigenvalue weighted by atomic mass is 9.77. The zero-order valence-corrected chi connectivity index (χ0v) is 20.0. The summed E-state index contributed by atoms with van der Waals surface area (Å²) in [4.78, 5) is 0. The fourth-order valence-corrected chi connectivity index (χ4v) is 5.55. The smallest absolute Gasteiger partial charge is 0.111 e. The van der Waals surface area contributed by atoms with Gasteiger partial charge in [-0.2, -0.15) is 0 Å². The molecule has 182 valence electrons. The van der Waals surface area contributed by atoms with Gasteiger partial charge in [0, 0.05) is 18.4 Å². The number of hydrogen-bond donors (Lipinski definition) is 1. The molecule has 0 amide bonds. The second kappa shape index (κ2) is 11.8. The number of aliphatic hydroxyl groups is 1. The molecule has 5 rings (SSSR count). The molecular formula is C31H34O4. The highest BCUT2D eigenvalue weighted by molar-refractivity contribution is 5.18. The Hall–Kier alpha value is -2.76. The Morgan fingerprint density at radius 1 is 0.600 bits per heavy atom. The van der Waals surface area contributed by atoms with Crippen molar-refractivity contribution < 1.29 is 19.3 Å². The summed E-state index contributed by atoms with van der Waals surface area (Å²) in [6, 6.07) is 30.8. The second-order valence-electron chi connectivity index (χ2n) is 9.54. The molecule has 0 aliphatic heterocycles. The molecule has 0 saturated heterocycles. The zero-order valence-electron chi connectivity index (χ0n) is 20.0. The molecule has 4 heteroatoms. The molecule has 4 nitrogen and oxygen atoms in total. The van der Waals surface area contributed by atoms with E-state index in [9.17, 15) is 5.11 Å². The van der Waals surface area contributed by atoms with Crippen LogP contribution in [0.5, 0.6) is 0 Å². The molecule has 2 aliphatic carbocycles. The van der Waals surface area contributed by atoms with Crippen molar-refractivity contribution >= 4 is 0 Å². The van der Waals surface area contributed by atoms with Crippen molar-refractivity contribution in [2.45, 2.75) is 44.6 Å². The Morgan fingerprint density at radius 2 is 1.06 bits per heavy atom. The standard InChI is InChI=1S/C31H34O4/c32-19-26-17-10-18-27-28(26)30(34-21-24-13-6-2-7-14-24)31(35-22-25-15-8-3-9-16-25)29(27)33-20-23-11-4-1-5-12-23/h1-16,18,26-32H,17,19-22H2/t26-,27-,28-,29+,30-,31-/m0/s1. The minimum absolute atomic E-state index is 0.124. The second-order valence-corrected chi connectivity index (χ2v) is 9.54. The first-order chi connectivity index (χ1) is 17.3. The van der Waals surface area contributed by atoms with Crippen LogP contribution in [0, 0.1) is 17.8 Å². The largest absolute Gasteiger partial charge is 0.396 e. The Labute approximate surface area is 208 Å². The van der Waals surface area contributed by atoms with Gasteiger partial charge in [-0.25, -0.2) is 0 Å². The van der Waals surface area contributed by atoms with Crippen molar-refractivity contribution in [3.8, 4) is 0 Å². The van der Waals surface area contributed by atoms with E-state index in [0.717, 1.165) is 23.1 Å². The van der Waals surface area contributed by atoms with Gasteiger partial charge in [-0.05, 0) is 29.0 Å². The molecule has 2 aliphatic rings. The van der Waals surface area contributed by atoms with Gasteiger partial charge < -0.3 is 19.3 Å². The first-order valence-corrected chi connectivity index (χ1v) is 12.6. The van der Waals surface area contributed by atoms with Gasteiger partial charge in [0.15, 0.2) is 0 Å². The number of hydrogen-bond acceptors (Lipinski definition) is 4. The molecule has 1 saturated carbocycles. The predicted molar refractivity (Wildman–Crippen MR) is 136 cm³/mol. The van der Waals surface area contributed by atoms with Crippen LogP contribution < -0.4 is 0 Å². The van der Waals surface area contributed by atoms with Crippen molar-refractivity contribution in [1.29, 1.82) is 0 Å². The lowest BCUT2D eigenvalue weighted by Gasteiger charge is -2.33. The minimum Gasteiger partial charge on any atom is -0.396 e. The topological polar surface area (TPSA) is 47.9 Å². The van der Waals surface area contributed by atoms with Gasteiger partial charge in [0.2, 0.25) is 0 Å². The molecule has 0 aromatic heterocycles. The third kappa shape index (κ3) is 5.74. The summed E-state index contributed by atoms with van der Waals surface area (Å²) in [7, 11) is 0. The van der Waals surface area contributed by atoms with Crippen LogP contribution in [0.3, 0.4) is 0 Å². The Bertz CT molecular complexity index is 1050. The minimum atomic E-state index is -0.241. The lowest BCUT2D eigenvalue weighted by molar-refractivity contribution is -0.131. The van der Waals surface area contributed by atoms with E-state index in [4.69, 9.17) is 14.2 Å². The number of benzene rings is 3. The normalized spacial score (nSPS) is 27.6. The molecule has 0 spiro atoms. The quantitative estimate of drug-likeness (QED) is 0.394. The maximum absolute atomic E-state index is 10.3. The Kier molecular flexibility index (Phi) is 8.07. The highest BCUT2D eigenvalue weighted by Crippen LogP contribution is 2.47. The SMILES string of the molecule is OC[C@@H]1CC=C[C@@H]2[C@@H](OCc3ccccc3)[C@H](OCc3ccccc3)[C@@H](OCc3ccccc3)[C@@H]12. The van der Waals surface area contributed by atoms with E-state index in [-0.39, 0.29) is 42.7 Å². The molecule has 1 fully saturated rings. The number of aliphatic hydroxyl groups excluding tert-OH is 1. The lowest BCUT2D eigenvalue weighted by Crippen LogP contribution is -2.39. The molecular weight excluding hydrogens is 436 g/mol. The summed E-state index contributed by atoms with van der Waals surface area (Å²) in [5, 5.41) is 10.3. The third-order valence-corrected chi connectivity index (χ3v) is 7.28. The van der Waals surface area contributed by atoms with Crippen LogP contribution >= 0.6 is 0 Å². The summed E-state index contributed by atoms with van der Waals surface area (Å²) in [6.07, 6.45) is 4.72. The fraction of sp³-hybridized carbons (Fsp3) is 0.355. The van der Waals surface area contributed by atoms with Crippen molar-refractivity contribution in [3.63, 3.8) is 0 Å². The van der Waals surface area contributed by atoms with Gasteiger partial charge >= 0.3 is 0 Å². The molecule has 0 heterocycles. The first-order valence-electron chi connectivity index (χ1n) is 12.6. The van der Waals surface area contributed by atoms with Crippen LogP contribution in [0.15, 0.2) is 103 Å². The van der Waals surface area contributed by atoms with Crippen molar-refractivity contribution in [2.75, 3.05) is 6.61 Å². The van der Waals surface area contributed by atoms with Crippen LogP contribution in [0.25, 0.3) is 0 Å². The van der Waals surface area contributed by atoms with Gasteiger partial charge in [-0.1, -0.05) is 103 Å². The molecule has 0 bridgehead atoms. The summed E-state index contributed by atoms with van der Waals surface area (Å²) >= 11 is 0. The van der Waals surface area contributed by atoms with E-state index in [1.54, 1.807) is 0 Å². The molecule has 0 radical (unpaired) electrons. The average molecular weight is 471 g/mol. The first kappa shape index (κ1) is 24.0. The van der Waals surface area contributed by atoms with Crippen LogP contribution in [0.1, 0.15) is 23.1 Å². The molecule has 0 unspecified atom stereocenters. The molecule has 35 heavy (non-hydrogen) atoms. The number of allylic oxidation sites excluding steroid dienone is 1. The maximum atomic E-state index is 10.3. The van der Waals surface area contributed by atoms with Crippen LogP contribution in [-0.2, 0) is 34.0 Å². The number of fused-ring (bicyclic) bond motifs is 1. The summed E-state index contributed by atoms with van der Waals surface area (Å²) in [6.45, 7) is 1.65. The molecule has 3 aromatic rings. The van der Waals surface area contributed by atoms with Crippen LogP contribution in [-0.4, -0.2) is 30.0 Å². The van der Waals surface area contributed by atoms with Gasteiger partial charge in [0.1, 0.15) is 6.10 Å². The van der Waals surface area contributed by atoms with Crippen LogP contribution in [0.2, 0.25) is 0 Å². The van der Waals surface area contributed by atoms with Gasteiger partial charge in [0.25, 0.3) is 0 Å². The average Bonchev–Trinajstić information content (AvgIpc) is 3.23. The van der Waals surface area contributed by atoms with Crippen molar-refractivity contribution in [3.05, 3.63) is 120 Å². The van der Waals surface area contributed by atoms with E-state index < -0.39 is 0 Å². The van der Waals surface area contributed by atoms with E-state index in [1.807, 2.05) is 54.6 Å². The Morgan fingerprint density at radius 3 is 1.54 bits per heavy atom. The summed E-state index contributed by atoms with van der Waals surface area (Å²) in [5.41, 5.74) is 3.39. The maximum Gasteiger partial charge on any atom is 0.111 e. The molecule has 6 atom stereocenters. The van der Waals surface area contributed by atoms with E-state index in [1.165, 1.54) is 0 Å². The predicted octanol–water partition coefficient (Wildman–Crippen LogP) is 5.56. The van der Waals surface area contributed by atoms with E-state index >= 15 is 0 Å². The number of rotatable bonds is 10. The van der Waals surface area contributed by atoms with Gasteiger partial charge in [-0.15, -0.1) is 0 Å². The van der Waals surface area contributed by atoms with Gasteiger partial charge in [-0.3, -0.25) is 0 Å². The highest BCUT2D eigenvalue weighted by Gasteiger charge is 2.55. The number of ether oxygens (including phenoxy) is 3. The Balaban J connectivity index is 1.41. The van der Waals surface area contributed by atoms with Crippen molar-refractivity contribution in [2.24, 2.45) is 17.8 Å². The van der Waals surface area contributed by atoms with Gasteiger partial charge in [0.05, 0.1) is 32.0 Å².